The van der Waals surface area contributed by atoms with Crippen LogP contribution in [0.1, 0.15) is 38.5 Å². The first-order valence-electron chi connectivity index (χ1n) is 4.89. The molecule has 1 aliphatic carbocycles. The van der Waals surface area contributed by atoms with Gasteiger partial charge in [0, 0.05) is 6.42 Å². The van der Waals surface area contributed by atoms with E-state index in [1.54, 1.807) is 0 Å². The molecule has 0 aromatic carbocycles. The Hall–Kier alpha value is -0.880. The maximum atomic E-state index is 11.4. The van der Waals surface area contributed by atoms with E-state index in [0.717, 1.165) is 12.8 Å². The monoisotopic (exact) mass is 180 g/mol. The highest BCUT2D eigenvalue weighted by atomic mass is 16.1. The smallest absolute Gasteiger partial charge is 0.150 e. The van der Waals surface area contributed by atoms with Crippen molar-refractivity contribution in [3.05, 3.63) is 0 Å². The highest BCUT2D eigenvalue weighted by Gasteiger charge is 2.21. The van der Waals surface area contributed by atoms with Gasteiger partial charge in [-0.15, -0.1) is 0 Å². The third-order valence-electron chi connectivity index (χ3n) is 2.69. The minimum atomic E-state index is -0.550. The maximum Gasteiger partial charge on any atom is 0.150 e. The van der Waals surface area contributed by atoms with Crippen LogP contribution in [0.5, 0.6) is 0 Å². The normalized spacial score (nSPS) is 19.7. The summed E-state index contributed by atoms with van der Waals surface area (Å²) in [4.78, 5) is 11.4. The average molecular weight is 180 g/mol. The van der Waals surface area contributed by atoms with E-state index in [2.05, 4.69) is 0 Å². The molecule has 0 aliphatic heterocycles. The Kier molecular flexibility index (Phi) is 3.91. The number of ketones is 1. The summed E-state index contributed by atoms with van der Waals surface area (Å²) < 4.78 is 0. The number of rotatable bonds is 4. The number of carbonyl (C=O) groups is 1. The summed E-state index contributed by atoms with van der Waals surface area (Å²) in [7, 11) is 0. The number of hydrogen-bond donors (Lipinski definition) is 1. The first-order chi connectivity index (χ1) is 6.24. The first-order valence-corrected chi connectivity index (χ1v) is 4.89. The fraction of sp³-hybridized carbons (Fsp3) is 0.800. The molecule has 1 fully saturated rings. The van der Waals surface area contributed by atoms with Crippen molar-refractivity contribution in [3.8, 4) is 6.07 Å². The van der Waals surface area contributed by atoms with Gasteiger partial charge in [-0.3, -0.25) is 4.79 Å². The summed E-state index contributed by atoms with van der Waals surface area (Å²) in [5, 5.41) is 8.36. The SMILES string of the molecule is N#CC[C@@H](N)C(=O)CC1CCCC1. The molecule has 0 aromatic heterocycles. The van der Waals surface area contributed by atoms with Gasteiger partial charge in [-0.1, -0.05) is 25.7 Å². The summed E-state index contributed by atoms with van der Waals surface area (Å²) in [6, 6.07) is 1.38. The minimum Gasteiger partial charge on any atom is -0.321 e. The molecule has 3 heteroatoms. The van der Waals surface area contributed by atoms with Gasteiger partial charge in [0.1, 0.15) is 0 Å². The van der Waals surface area contributed by atoms with Crippen molar-refractivity contribution >= 4 is 5.78 Å². The van der Waals surface area contributed by atoms with Gasteiger partial charge in [-0.25, -0.2) is 0 Å². The van der Waals surface area contributed by atoms with E-state index in [0.29, 0.717) is 12.3 Å². The molecular weight excluding hydrogens is 164 g/mol. The van der Waals surface area contributed by atoms with Crippen LogP contribution < -0.4 is 5.73 Å². The Morgan fingerprint density at radius 1 is 1.54 bits per heavy atom. The van der Waals surface area contributed by atoms with Crippen LogP contribution in [-0.2, 0) is 4.79 Å². The first kappa shape index (κ1) is 10.2. The second-order valence-electron chi connectivity index (χ2n) is 3.79. The predicted molar refractivity (Wildman–Crippen MR) is 49.8 cm³/mol. The van der Waals surface area contributed by atoms with E-state index in [9.17, 15) is 4.79 Å². The second-order valence-corrected chi connectivity index (χ2v) is 3.79. The van der Waals surface area contributed by atoms with Crippen molar-refractivity contribution in [2.45, 2.75) is 44.6 Å². The Labute approximate surface area is 78.9 Å². The molecule has 0 spiro atoms. The lowest BCUT2D eigenvalue weighted by Gasteiger charge is -2.10. The summed E-state index contributed by atoms with van der Waals surface area (Å²) in [5.74, 6) is 0.602. The van der Waals surface area contributed by atoms with Crippen LogP contribution in [0.3, 0.4) is 0 Å². The summed E-state index contributed by atoms with van der Waals surface area (Å²) in [6.07, 6.45) is 5.54. The van der Waals surface area contributed by atoms with Crippen LogP contribution in [0, 0.1) is 17.2 Å². The van der Waals surface area contributed by atoms with E-state index in [-0.39, 0.29) is 12.2 Å². The highest BCUT2D eigenvalue weighted by Crippen LogP contribution is 2.27. The van der Waals surface area contributed by atoms with Crippen LogP contribution in [0.15, 0.2) is 0 Å². The van der Waals surface area contributed by atoms with Gasteiger partial charge in [0.2, 0.25) is 0 Å². The molecule has 0 heterocycles. The largest absolute Gasteiger partial charge is 0.321 e. The van der Waals surface area contributed by atoms with Crippen molar-refractivity contribution in [1.82, 2.24) is 0 Å². The number of nitriles is 1. The average Bonchev–Trinajstić information content (AvgIpc) is 2.57. The molecule has 0 unspecified atom stereocenters. The van der Waals surface area contributed by atoms with Gasteiger partial charge in [-0.05, 0) is 5.92 Å². The van der Waals surface area contributed by atoms with Crippen molar-refractivity contribution in [3.63, 3.8) is 0 Å². The summed E-state index contributed by atoms with van der Waals surface area (Å²) >= 11 is 0. The molecule has 1 rings (SSSR count). The minimum absolute atomic E-state index is 0.0634. The molecule has 0 saturated heterocycles. The van der Waals surface area contributed by atoms with Crippen LogP contribution in [-0.4, -0.2) is 11.8 Å². The van der Waals surface area contributed by atoms with E-state index in [1.807, 2.05) is 6.07 Å². The van der Waals surface area contributed by atoms with Gasteiger partial charge in [-0.2, -0.15) is 5.26 Å². The molecule has 0 radical (unpaired) electrons. The molecule has 2 N–H and O–H groups in total. The Balaban J connectivity index is 2.27. The molecule has 0 amide bonds. The number of carbonyl (C=O) groups excluding carboxylic acids is 1. The van der Waals surface area contributed by atoms with Crippen LogP contribution in [0.2, 0.25) is 0 Å². The van der Waals surface area contributed by atoms with E-state index in [4.69, 9.17) is 11.0 Å². The quantitative estimate of drug-likeness (QED) is 0.710. The number of nitrogens with two attached hydrogens (primary N) is 1. The van der Waals surface area contributed by atoms with Crippen molar-refractivity contribution in [2.75, 3.05) is 0 Å². The Morgan fingerprint density at radius 3 is 2.69 bits per heavy atom. The van der Waals surface area contributed by atoms with E-state index >= 15 is 0 Å². The molecule has 0 bridgehead atoms. The van der Waals surface area contributed by atoms with Crippen molar-refractivity contribution < 1.29 is 4.79 Å². The topological polar surface area (TPSA) is 66.9 Å². The summed E-state index contributed by atoms with van der Waals surface area (Å²) in [6.45, 7) is 0. The fourth-order valence-corrected chi connectivity index (χ4v) is 1.86. The number of hydrogen-bond acceptors (Lipinski definition) is 3. The van der Waals surface area contributed by atoms with Gasteiger partial charge in [0.25, 0.3) is 0 Å². The third-order valence-corrected chi connectivity index (χ3v) is 2.69. The predicted octanol–water partition coefficient (Wildman–Crippen LogP) is 1.38. The number of Topliss-reactive ketones (excluding diaryl/α,β-unsaturated/α-hetero) is 1. The highest BCUT2D eigenvalue weighted by molar-refractivity contribution is 5.84. The van der Waals surface area contributed by atoms with Gasteiger partial charge in [0.05, 0.1) is 18.5 Å². The third kappa shape index (κ3) is 3.16. The fourth-order valence-electron chi connectivity index (χ4n) is 1.86. The van der Waals surface area contributed by atoms with Crippen LogP contribution >= 0.6 is 0 Å². The standard InChI is InChI=1S/C10H16N2O/c11-6-5-9(12)10(13)7-8-3-1-2-4-8/h8-9H,1-5,7,12H2/t9-/m1/s1. The lowest BCUT2D eigenvalue weighted by atomic mass is 9.97. The number of nitrogens with zero attached hydrogens (tertiary/aromatic N) is 1. The van der Waals surface area contributed by atoms with Gasteiger partial charge < -0.3 is 5.73 Å². The van der Waals surface area contributed by atoms with Crippen molar-refractivity contribution in [2.24, 2.45) is 11.7 Å². The second kappa shape index (κ2) is 4.98. The summed E-state index contributed by atoms with van der Waals surface area (Å²) in [5.41, 5.74) is 5.53. The molecule has 1 atom stereocenters. The molecule has 13 heavy (non-hydrogen) atoms. The molecule has 0 aromatic rings. The Morgan fingerprint density at radius 2 is 2.15 bits per heavy atom. The van der Waals surface area contributed by atoms with Gasteiger partial charge >= 0.3 is 0 Å². The molecule has 1 saturated carbocycles. The van der Waals surface area contributed by atoms with Crippen molar-refractivity contribution in [1.29, 1.82) is 5.26 Å². The molecule has 3 nitrogen and oxygen atoms in total. The lowest BCUT2D eigenvalue weighted by molar-refractivity contribution is -0.121. The van der Waals surface area contributed by atoms with Gasteiger partial charge in [0.15, 0.2) is 5.78 Å². The zero-order valence-corrected chi connectivity index (χ0v) is 7.83. The zero-order chi connectivity index (χ0) is 9.68. The van der Waals surface area contributed by atoms with E-state index < -0.39 is 6.04 Å². The van der Waals surface area contributed by atoms with E-state index in [1.165, 1.54) is 12.8 Å². The van der Waals surface area contributed by atoms with Crippen LogP contribution in [0.25, 0.3) is 0 Å². The maximum absolute atomic E-state index is 11.4. The Bertz CT molecular complexity index is 213. The molecule has 1 aliphatic rings. The lowest BCUT2D eigenvalue weighted by Crippen LogP contribution is -2.31. The molecule has 72 valence electrons. The molecular formula is C10H16N2O. The zero-order valence-electron chi connectivity index (χ0n) is 7.83. The van der Waals surface area contributed by atoms with Crippen LogP contribution in [0.4, 0.5) is 0 Å².